The molecule has 0 spiro atoms. The molecule has 5 nitrogen and oxygen atoms in total. The van der Waals surface area contributed by atoms with Crippen LogP contribution in [0, 0.1) is 0 Å². The van der Waals surface area contributed by atoms with Gasteiger partial charge in [0.05, 0.1) is 18.8 Å². The van der Waals surface area contributed by atoms with E-state index >= 15 is 0 Å². The van der Waals surface area contributed by atoms with E-state index in [4.69, 9.17) is 0 Å². The fraction of sp³-hybridized carbons (Fsp3) is 0.932. The van der Waals surface area contributed by atoms with Gasteiger partial charge in [-0.1, -0.05) is 212 Å². The average Bonchev–Trinajstić information content (AvgIpc) is 3.11. The van der Waals surface area contributed by atoms with Crippen LogP contribution in [0.25, 0.3) is 0 Å². The minimum atomic E-state index is -1.07. The van der Waals surface area contributed by atoms with E-state index in [2.05, 4.69) is 31.3 Å². The summed E-state index contributed by atoms with van der Waals surface area (Å²) in [5.74, 6) is -0.472. The molecule has 0 saturated heterocycles. The minimum Gasteiger partial charge on any atom is -0.394 e. The molecule has 0 rings (SSSR count). The van der Waals surface area contributed by atoms with E-state index in [0.717, 1.165) is 32.1 Å². The lowest BCUT2D eigenvalue weighted by Crippen LogP contribution is -2.49. The molecule has 0 bridgehead atoms. The number of aliphatic hydroxyl groups excluding tert-OH is 3. The number of allylic oxidation sites excluding steroid dienone is 2. The average molecular weight is 694 g/mol. The van der Waals surface area contributed by atoms with Gasteiger partial charge in [0.15, 0.2) is 0 Å². The lowest BCUT2D eigenvalue weighted by atomic mass is 10.0. The third-order valence-corrected chi connectivity index (χ3v) is 10.4. The zero-order chi connectivity index (χ0) is 35.9. The quantitative estimate of drug-likeness (QED) is 0.0380. The molecule has 1 amide bonds. The molecule has 0 aromatic heterocycles. The number of rotatable bonds is 40. The maximum atomic E-state index is 12.4. The Labute approximate surface area is 306 Å². The number of nitrogens with one attached hydrogen (secondary N) is 1. The number of hydrogen-bond donors (Lipinski definition) is 4. The number of aliphatic hydroxyl groups is 3. The summed E-state index contributed by atoms with van der Waals surface area (Å²) >= 11 is 0. The molecule has 3 atom stereocenters. The first-order chi connectivity index (χ1) is 24.1. The van der Waals surface area contributed by atoms with Gasteiger partial charge in [-0.15, -0.1) is 0 Å². The molecule has 4 N–H and O–H groups in total. The summed E-state index contributed by atoms with van der Waals surface area (Å²) in [6.07, 6.45) is 46.5. The second-order valence-electron chi connectivity index (χ2n) is 15.3. The maximum Gasteiger partial charge on any atom is 0.249 e. The summed E-state index contributed by atoms with van der Waals surface area (Å²) in [5, 5.41) is 33.2. The van der Waals surface area contributed by atoms with E-state index in [1.54, 1.807) is 0 Å². The first-order valence-corrected chi connectivity index (χ1v) is 22.0. The van der Waals surface area contributed by atoms with Crippen molar-refractivity contribution in [2.75, 3.05) is 6.61 Å². The molecule has 49 heavy (non-hydrogen) atoms. The highest BCUT2D eigenvalue weighted by Gasteiger charge is 2.23. The molecule has 5 heteroatoms. The molecule has 0 radical (unpaired) electrons. The van der Waals surface area contributed by atoms with Gasteiger partial charge >= 0.3 is 0 Å². The lowest BCUT2D eigenvalue weighted by molar-refractivity contribution is -0.131. The molecular weight excluding hydrogens is 606 g/mol. The SMILES string of the molecule is CCCCCCCCCCCCCC/C=C\CCCCCCCCCCCC(O)C(=O)NC(CO)C(O)CCCCCCCCCCCC. The van der Waals surface area contributed by atoms with Crippen LogP contribution >= 0.6 is 0 Å². The highest BCUT2D eigenvalue weighted by molar-refractivity contribution is 5.80. The van der Waals surface area contributed by atoms with E-state index in [-0.39, 0.29) is 6.61 Å². The van der Waals surface area contributed by atoms with Gasteiger partial charge in [-0.3, -0.25) is 4.79 Å². The summed E-state index contributed by atoms with van der Waals surface area (Å²) in [5.41, 5.74) is 0. The van der Waals surface area contributed by atoms with Crippen molar-refractivity contribution in [3.05, 3.63) is 12.2 Å². The van der Waals surface area contributed by atoms with Crippen molar-refractivity contribution in [2.24, 2.45) is 0 Å². The largest absolute Gasteiger partial charge is 0.394 e. The van der Waals surface area contributed by atoms with Crippen LogP contribution in [0.15, 0.2) is 12.2 Å². The third kappa shape index (κ3) is 35.3. The van der Waals surface area contributed by atoms with E-state index in [9.17, 15) is 20.1 Å². The molecule has 0 aliphatic rings. The molecule has 0 aliphatic heterocycles. The number of hydrogen-bond acceptors (Lipinski definition) is 4. The van der Waals surface area contributed by atoms with Crippen LogP contribution in [-0.4, -0.2) is 46.1 Å². The number of unbranched alkanes of at least 4 members (excludes halogenated alkanes) is 30. The van der Waals surface area contributed by atoms with Gasteiger partial charge in [0, 0.05) is 0 Å². The Hall–Kier alpha value is -0.910. The Morgan fingerprint density at radius 3 is 1.12 bits per heavy atom. The van der Waals surface area contributed by atoms with Gasteiger partial charge < -0.3 is 20.6 Å². The zero-order valence-corrected chi connectivity index (χ0v) is 33.1. The van der Waals surface area contributed by atoms with Gasteiger partial charge in [0.1, 0.15) is 6.10 Å². The monoisotopic (exact) mass is 694 g/mol. The standard InChI is InChI=1S/C44H87NO4/c1-3-5-7-9-11-13-15-16-17-18-19-20-21-22-23-24-25-26-27-28-29-31-33-35-37-39-43(48)44(49)45-41(40-46)42(47)38-36-34-32-30-14-12-10-8-6-4-2/h22-23,41-43,46-48H,3-21,24-40H2,1-2H3,(H,45,49)/b23-22-. The van der Waals surface area contributed by atoms with Crippen LogP contribution in [0.5, 0.6) is 0 Å². The number of carbonyl (C=O) groups excluding carboxylic acids is 1. The molecular formula is C44H87NO4. The molecule has 0 aromatic rings. The van der Waals surface area contributed by atoms with Crippen molar-refractivity contribution < 1.29 is 20.1 Å². The predicted molar refractivity (Wildman–Crippen MR) is 213 cm³/mol. The first-order valence-electron chi connectivity index (χ1n) is 22.0. The van der Waals surface area contributed by atoms with Gasteiger partial charge in [-0.2, -0.15) is 0 Å². The molecule has 0 fully saturated rings. The fourth-order valence-corrected chi connectivity index (χ4v) is 6.89. The van der Waals surface area contributed by atoms with Gasteiger partial charge in [0.2, 0.25) is 5.91 Å². The fourth-order valence-electron chi connectivity index (χ4n) is 6.89. The van der Waals surface area contributed by atoms with E-state index in [0.29, 0.717) is 12.8 Å². The second kappa shape index (κ2) is 39.9. The summed E-state index contributed by atoms with van der Waals surface area (Å²) in [7, 11) is 0. The Kier molecular flexibility index (Phi) is 39.1. The molecule has 292 valence electrons. The van der Waals surface area contributed by atoms with Crippen molar-refractivity contribution in [3.8, 4) is 0 Å². The van der Waals surface area contributed by atoms with Crippen LogP contribution < -0.4 is 5.32 Å². The van der Waals surface area contributed by atoms with Crippen molar-refractivity contribution in [1.82, 2.24) is 5.32 Å². The highest BCUT2D eigenvalue weighted by atomic mass is 16.3. The first kappa shape index (κ1) is 48.1. The predicted octanol–water partition coefficient (Wildman–Crippen LogP) is 12.4. The van der Waals surface area contributed by atoms with Crippen molar-refractivity contribution in [2.45, 2.75) is 257 Å². The number of carbonyl (C=O) groups is 1. The Morgan fingerprint density at radius 1 is 0.469 bits per heavy atom. The lowest BCUT2D eigenvalue weighted by Gasteiger charge is -2.23. The molecule has 0 aromatic carbocycles. The van der Waals surface area contributed by atoms with Crippen molar-refractivity contribution in [3.63, 3.8) is 0 Å². The topological polar surface area (TPSA) is 89.8 Å². The summed E-state index contributed by atoms with van der Waals surface area (Å²) in [6, 6.07) is -0.708. The van der Waals surface area contributed by atoms with Crippen LogP contribution in [-0.2, 0) is 4.79 Å². The Bertz CT molecular complexity index is 684. The van der Waals surface area contributed by atoms with E-state index < -0.39 is 24.2 Å². The maximum absolute atomic E-state index is 12.4. The van der Waals surface area contributed by atoms with Crippen molar-refractivity contribution >= 4 is 5.91 Å². The molecule has 3 unspecified atom stereocenters. The van der Waals surface area contributed by atoms with Crippen LogP contribution in [0.1, 0.15) is 239 Å². The van der Waals surface area contributed by atoms with Crippen LogP contribution in [0.3, 0.4) is 0 Å². The van der Waals surface area contributed by atoms with Gasteiger partial charge in [-0.25, -0.2) is 0 Å². The second-order valence-corrected chi connectivity index (χ2v) is 15.3. The van der Waals surface area contributed by atoms with Crippen molar-refractivity contribution in [1.29, 1.82) is 0 Å². The third-order valence-electron chi connectivity index (χ3n) is 10.4. The molecule has 0 saturated carbocycles. The van der Waals surface area contributed by atoms with Crippen LogP contribution in [0.2, 0.25) is 0 Å². The smallest absolute Gasteiger partial charge is 0.249 e. The normalized spacial score (nSPS) is 13.7. The Balaban J connectivity index is 3.54. The van der Waals surface area contributed by atoms with E-state index in [1.807, 2.05) is 0 Å². The Morgan fingerprint density at radius 2 is 0.776 bits per heavy atom. The summed E-state index contributed by atoms with van der Waals surface area (Å²) < 4.78 is 0. The number of amides is 1. The molecule has 0 heterocycles. The van der Waals surface area contributed by atoms with Crippen LogP contribution in [0.4, 0.5) is 0 Å². The molecule has 0 aliphatic carbocycles. The highest BCUT2D eigenvalue weighted by Crippen LogP contribution is 2.16. The van der Waals surface area contributed by atoms with Gasteiger partial charge in [0.25, 0.3) is 0 Å². The minimum absolute atomic E-state index is 0.312. The van der Waals surface area contributed by atoms with E-state index in [1.165, 1.54) is 180 Å². The zero-order valence-electron chi connectivity index (χ0n) is 33.1. The summed E-state index contributed by atoms with van der Waals surface area (Å²) in [6.45, 7) is 4.22. The summed E-state index contributed by atoms with van der Waals surface area (Å²) in [4.78, 5) is 12.4. The van der Waals surface area contributed by atoms with Gasteiger partial charge in [-0.05, 0) is 38.5 Å².